The Labute approximate surface area is 118 Å². The summed E-state index contributed by atoms with van der Waals surface area (Å²) >= 11 is 0. The summed E-state index contributed by atoms with van der Waals surface area (Å²) in [6.07, 6.45) is 3.71. The Balaban J connectivity index is 1.93. The number of hydrogen-bond donors (Lipinski definition) is 0. The maximum absolute atomic E-state index is 12.8. The van der Waals surface area contributed by atoms with Crippen LogP contribution in [0.1, 0.15) is 32.6 Å². The first kappa shape index (κ1) is 15.6. The zero-order valence-electron chi connectivity index (χ0n) is 11.9. The second-order valence-electron chi connectivity index (χ2n) is 5.78. The number of esters is 1. The number of carbonyl (C=O) groups excluding carboxylic acids is 1. The van der Waals surface area contributed by atoms with Gasteiger partial charge in [-0.1, -0.05) is 12.8 Å². The standard InChI is InChI=1S/C14H23F2NO3/c1-14(15,16)10-20-13(18)11-4-2-3-5-12(11)17-6-8-19-9-7-17/h11-12H,2-10H2,1H3. The predicted octanol–water partition coefficient (Wildman–Crippen LogP) is 2.08. The van der Waals surface area contributed by atoms with Gasteiger partial charge in [0.25, 0.3) is 5.92 Å². The summed E-state index contributed by atoms with van der Waals surface area (Å²) in [5.74, 6) is -3.70. The fourth-order valence-electron chi connectivity index (χ4n) is 3.04. The van der Waals surface area contributed by atoms with E-state index in [2.05, 4.69) is 4.90 Å². The van der Waals surface area contributed by atoms with Gasteiger partial charge >= 0.3 is 5.97 Å². The largest absolute Gasteiger partial charge is 0.459 e. The van der Waals surface area contributed by atoms with Crippen molar-refractivity contribution < 1.29 is 23.0 Å². The van der Waals surface area contributed by atoms with Crippen LogP contribution in [0.25, 0.3) is 0 Å². The number of halogens is 2. The number of rotatable bonds is 4. The highest BCUT2D eigenvalue weighted by Gasteiger charge is 2.37. The Morgan fingerprint density at radius 1 is 1.30 bits per heavy atom. The molecule has 2 rings (SSSR count). The van der Waals surface area contributed by atoms with E-state index >= 15 is 0 Å². The van der Waals surface area contributed by atoms with Crippen molar-refractivity contribution in [3.8, 4) is 0 Å². The third-order valence-electron chi connectivity index (χ3n) is 4.01. The predicted molar refractivity (Wildman–Crippen MR) is 69.7 cm³/mol. The van der Waals surface area contributed by atoms with E-state index in [-0.39, 0.29) is 12.0 Å². The Bertz CT molecular complexity index is 327. The summed E-state index contributed by atoms with van der Waals surface area (Å²) in [5, 5.41) is 0. The Morgan fingerprint density at radius 3 is 2.60 bits per heavy atom. The number of ether oxygens (including phenoxy) is 2. The van der Waals surface area contributed by atoms with Crippen molar-refractivity contribution in [1.82, 2.24) is 4.90 Å². The van der Waals surface area contributed by atoms with Crippen molar-refractivity contribution in [3.05, 3.63) is 0 Å². The van der Waals surface area contributed by atoms with Crippen LogP contribution in [0.3, 0.4) is 0 Å². The molecule has 2 aliphatic rings. The highest BCUT2D eigenvalue weighted by molar-refractivity contribution is 5.73. The quantitative estimate of drug-likeness (QED) is 0.743. The summed E-state index contributed by atoms with van der Waals surface area (Å²) in [7, 11) is 0. The zero-order valence-corrected chi connectivity index (χ0v) is 11.9. The van der Waals surface area contributed by atoms with E-state index < -0.39 is 18.5 Å². The van der Waals surface area contributed by atoms with Gasteiger partial charge in [-0.05, 0) is 12.8 Å². The van der Waals surface area contributed by atoms with E-state index in [1.807, 2.05) is 0 Å². The average molecular weight is 291 g/mol. The minimum absolute atomic E-state index is 0.116. The van der Waals surface area contributed by atoms with Crippen LogP contribution in [-0.2, 0) is 14.3 Å². The van der Waals surface area contributed by atoms with E-state index in [4.69, 9.17) is 9.47 Å². The van der Waals surface area contributed by atoms with Gasteiger partial charge in [0.2, 0.25) is 0 Å². The lowest BCUT2D eigenvalue weighted by Crippen LogP contribution is -2.50. The van der Waals surface area contributed by atoms with Crippen molar-refractivity contribution in [1.29, 1.82) is 0 Å². The van der Waals surface area contributed by atoms with Gasteiger partial charge in [0, 0.05) is 26.1 Å². The SMILES string of the molecule is CC(F)(F)COC(=O)C1CCCCC1N1CCOCC1. The van der Waals surface area contributed by atoms with Crippen LogP contribution in [0, 0.1) is 5.92 Å². The van der Waals surface area contributed by atoms with Gasteiger partial charge in [0.15, 0.2) is 6.61 Å². The summed E-state index contributed by atoms with van der Waals surface area (Å²) in [6.45, 7) is 2.89. The summed E-state index contributed by atoms with van der Waals surface area (Å²) < 4.78 is 35.7. The molecule has 1 saturated carbocycles. The molecule has 0 aromatic heterocycles. The van der Waals surface area contributed by atoms with Crippen LogP contribution in [0.4, 0.5) is 8.78 Å². The summed E-state index contributed by atoms with van der Waals surface area (Å²) in [4.78, 5) is 14.3. The van der Waals surface area contributed by atoms with Gasteiger partial charge in [0.1, 0.15) is 0 Å². The van der Waals surface area contributed by atoms with Gasteiger partial charge in [0.05, 0.1) is 19.1 Å². The fraction of sp³-hybridized carbons (Fsp3) is 0.929. The number of nitrogens with zero attached hydrogens (tertiary/aromatic N) is 1. The molecule has 2 atom stereocenters. The van der Waals surface area contributed by atoms with Crippen LogP contribution in [0.15, 0.2) is 0 Å². The van der Waals surface area contributed by atoms with E-state index in [0.717, 1.165) is 45.7 Å². The number of morpholine rings is 1. The van der Waals surface area contributed by atoms with E-state index in [1.165, 1.54) is 0 Å². The molecule has 0 spiro atoms. The van der Waals surface area contributed by atoms with Crippen molar-refractivity contribution >= 4 is 5.97 Å². The Kier molecular flexibility index (Phi) is 5.32. The van der Waals surface area contributed by atoms with Crippen molar-refractivity contribution in [2.75, 3.05) is 32.9 Å². The minimum atomic E-state index is -2.96. The molecule has 2 unspecified atom stereocenters. The molecule has 0 aromatic carbocycles. The topological polar surface area (TPSA) is 38.8 Å². The van der Waals surface area contributed by atoms with Gasteiger partial charge in [-0.15, -0.1) is 0 Å². The molecule has 4 nitrogen and oxygen atoms in total. The van der Waals surface area contributed by atoms with Crippen LogP contribution in [-0.4, -0.2) is 55.7 Å². The van der Waals surface area contributed by atoms with Crippen LogP contribution < -0.4 is 0 Å². The molecule has 6 heteroatoms. The molecule has 0 aromatic rings. The summed E-state index contributed by atoms with van der Waals surface area (Å²) in [5.41, 5.74) is 0. The zero-order chi connectivity index (χ0) is 14.6. The normalized spacial score (nSPS) is 29.1. The molecular formula is C14H23F2NO3. The first-order chi connectivity index (χ1) is 9.47. The monoisotopic (exact) mass is 291 g/mol. The third kappa shape index (κ3) is 4.38. The Morgan fingerprint density at radius 2 is 1.95 bits per heavy atom. The maximum atomic E-state index is 12.8. The van der Waals surface area contributed by atoms with Gasteiger partial charge in [-0.2, -0.15) is 0 Å². The first-order valence-corrected chi connectivity index (χ1v) is 7.33. The molecule has 0 bridgehead atoms. The summed E-state index contributed by atoms with van der Waals surface area (Å²) in [6, 6.07) is 0.116. The van der Waals surface area contributed by atoms with Gasteiger partial charge < -0.3 is 9.47 Å². The van der Waals surface area contributed by atoms with Gasteiger partial charge in [-0.3, -0.25) is 9.69 Å². The number of hydrogen-bond acceptors (Lipinski definition) is 4. The molecule has 0 N–H and O–H groups in total. The van der Waals surface area contributed by atoms with Crippen LogP contribution in [0.5, 0.6) is 0 Å². The maximum Gasteiger partial charge on any atom is 0.310 e. The van der Waals surface area contributed by atoms with E-state index in [0.29, 0.717) is 13.2 Å². The molecular weight excluding hydrogens is 268 g/mol. The molecule has 1 saturated heterocycles. The molecule has 1 aliphatic heterocycles. The second kappa shape index (κ2) is 6.80. The number of carbonyl (C=O) groups is 1. The lowest BCUT2D eigenvalue weighted by atomic mass is 9.83. The minimum Gasteiger partial charge on any atom is -0.459 e. The average Bonchev–Trinajstić information content (AvgIpc) is 2.45. The highest BCUT2D eigenvalue weighted by atomic mass is 19.3. The van der Waals surface area contributed by atoms with Crippen LogP contribution in [0.2, 0.25) is 0 Å². The van der Waals surface area contributed by atoms with E-state index in [9.17, 15) is 13.6 Å². The van der Waals surface area contributed by atoms with Crippen molar-refractivity contribution in [2.45, 2.75) is 44.6 Å². The van der Waals surface area contributed by atoms with Crippen molar-refractivity contribution in [3.63, 3.8) is 0 Å². The molecule has 0 amide bonds. The highest BCUT2D eigenvalue weighted by Crippen LogP contribution is 2.30. The lowest BCUT2D eigenvalue weighted by molar-refractivity contribution is -0.163. The van der Waals surface area contributed by atoms with Gasteiger partial charge in [-0.25, -0.2) is 8.78 Å². The molecule has 2 fully saturated rings. The lowest BCUT2D eigenvalue weighted by Gasteiger charge is -2.40. The Hall–Kier alpha value is -0.750. The van der Waals surface area contributed by atoms with E-state index in [1.54, 1.807) is 0 Å². The molecule has 20 heavy (non-hydrogen) atoms. The first-order valence-electron chi connectivity index (χ1n) is 7.33. The smallest absolute Gasteiger partial charge is 0.310 e. The molecule has 0 radical (unpaired) electrons. The molecule has 1 heterocycles. The molecule has 116 valence electrons. The van der Waals surface area contributed by atoms with Crippen LogP contribution >= 0.6 is 0 Å². The second-order valence-corrected chi connectivity index (χ2v) is 5.78. The third-order valence-corrected chi connectivity index (χ3v) is 4.01. The van der Waals surface area contributed by atoms with Crippen molar-refractivity contribution in [2.24, 2.45) is 5.92 Å². The fourth-order valence-corrected chi connectivity index (χ4v) is 3.04. The molecule has 1 aliphatic carbocycles. The number of alkyl halides is 2.